The molecule has 5 nitrogen and oxygen atoms in total. The predicted molar refractivity (Wildman–Crippen MR) is 71.2 cm³/mol. The number of carbonyl (C=O) groups is 2. The molecule has 1 aliphatic rings. The van der Waals surface area contributed by atoms with Crippen LogP contribution in [0.5, 0.6) is 0 Å². The third-order valence-electron chi connectivity index (χ3n) is 3.50. The Morgan fingerprint density at radius 1 is 1.44 bits per heavy atom. The highest BCUT2D eigenvalue weighted by Crippen LogP contribution is 2.19. The molecular weight excluding hydrogens is 230 g/mol. The molecule has 0 aromatic heterocycles. The van der Waals surface area contributed by atoms with E-state index in [0.717, 1.165) is 25.9 Å². The zero-order valence-corrected chi connectivity index (χ0v) is 11.7. The Morgan fingerprint density at radius 3 is 2.78 bits per heavy atom. The molecule has 1 saturated heterocycles. The quantitative estimate of drug-likeness (QED) is 0.769. The Morgan fingerprint density at radius 2 is 2.17 bits per heavy atom. The van der Waals surface area contributed by atoms with Gasteiger partial charge in [-0.3, -0.25) is 9.59 Å². The van der Waals surface area contributed by atoms with Gasteiger partial charge in [0.1, 0.15) is 0 Å². The number of likely N-dealkylation sites (N-methyl/N-ethyl adjacent to an activating group) is 2. The largest absolute Gasteiger partial charge is 0.344 e. The summed E-state index contributed by atoms with van der Waals surface area (Å²) in [6.45, 7) is 4.78. The highest BCUT2D eigenvalue weighted by atomic mass is 16.2. The molecule has 0 spiro atoms. The standard InChI is InChI=1S/C13H25N3O2/c1-4-12(17)16-8-5-6-11(10-16)13(18)15(3)9-7-14-2/h11,14H,4-10H2,1-3H3. The van der Waals surface area contributed by atoms with E-state index in [1.54, 1.807) is 4.90 Å². The van der Waals surface area contributed by atoms with Crippen molar-refractivity contribution >= 4 is 11.8 Å². The Bertz CT molecular complexity index is 294. The molecule has 0 aliphatic carbocycles. The first kappa shape index (κ1) is 15.0. The Balaban J connectivity index is 2.50. The molecule has 1 fully saturated rings. The predicted octanol–water partition coefficient (Wildman–Crippen LogP) is 0.313. The van der Waals surface area contributed by atoms with Crippen LogP contribution in [0.4, 0.5) is 0 Å². The molecule has 18 heavy (non-hydrogen) atoms. The lowest BCUT2D eigenvalue weighted by atomic mass is 9.96. The topological polar surface area (TPSA) is 52.7 Å². The number of piperidine rings is 1. The van der Waals surface area contributed by atoms with Gasteiger partial charge in [-0.15, -0.1) is 0 Å². The molecule has 104 valence electrons. The first-order valence-corrected chi connectivity index (χ1v) is 6.77. The molecule has 2 amide bonds. The third kappa shape index (κ3) is 3.98. The van der Waals surface area contributed by atoms with Crippen molar-refractivity contribution in [1.82, 2.24) is 15.1 Å². The molecule has 0 saturated carbocycles. The second kappa shape index (κ2) is 7.36. The van der Waals surface area contributed by atoms with Gasteiger partial charge in [0.25, 0.3) is 0 Å². The van der Waals surface area contributed by atoms with E-state index < -0.39 is 0 Å². The fourth-order valence-electron chi connectivity index (χ4n) is 2.33. The molecule has 1 unspecified atom stereocenters. The van der Waals surface area contributed by atoms with Crippen molar-refractivity contribution in [2.24, 2.45) is 5.92 Å². The number of likely N-dealkylation sites (tertiary alicyclic amines) is 1. The van der Waals surface area contributed by atoms with Crippen LogP contribution in [0.1, 0.15) is 26.2 Å². The van der Waals surface area contributed by atoms with Gasteiger partial charge in [0.15, 0.2) is 0 Å². The summed E-state index contributed by atoms with van der Waals surface area (Å²) in [5.74, 6) is 0.306. The van der Waals surface area contributed by atoms with Gasteiger partial charge in [-0.05, 0) is 19.9 Å². The van der Waals surface area contributed by atoms with Crippen LogP contribution in [-0.4, -0.2) is 61.9 Å². The minimum absolute atomic E-state index is 0.0175. The second-order valence-electron chi connectivity index (χ2n) is 4.90. The number of hydrogen-bond acceptors (Lipinski definition) is 3. The van der Waals surface area contributed by atoms with Crippen molar-refractivity contribution in [1.29, 1.82) is 0 Å². The summed E-state index contributed by atoms with van der Waals surface area (Å²) in [7, 11) is 3.71. The number of nitrogens with zero attached hydrogens (tertiary/aromatic N) is 2. The molecule has 5 heteroatoms. The summed E-state index contributed by atoms with van der Waals surface area (Å²) >= 11 is 0. The molecule has 1 heterocycles. The van der Waals surface area contributed by atoms with Crippen molar-refractivity contribution in [2.45, 2.75) is 26.2 Å². The van der Waals surface area contributed by atoms with E-state index in [1.165, 1.54) is 0 Å². The van der Waals surface area contributed by atoms with E-state index in [9.17, 15) is 9.59 Å². The highest BCUT2D eigenvalue weighted by molar-refractivity contribution is 5.81. The summed E-state index contributed by atoms with van der Waals surface area (Å²) in [4.78, 5) is 27.5. The van der Waals surface area contributed by atoms with Gasteiger partial charge >= 0.3 is 0 Å². The monoisotopic (exact) mass is 255 g/mol. The summed E-state index contributed by atoms with van der Waals surface area (Å²) in [6.07, 6.45) is 2.36. The molecular formula is C13H25N3O2. The minimum atomic E-state index is -0.0175. The van der Waals surface area contributed by atoms with E-state index in [-0.39, 0.29) is 17.7 Å². The first-order valence-electron chi connectivity index (χ1n) is 6.77. The fraction of sp³-hybridized carbons (Fsp3) is 0.846. The van der Waals surface area contributed by atoms with Gasteiger partial charge in [-0.2, -0.15) is 0 Å². The van der Waals surface area contributed by atoms with Gasteiger partial charge in [-0.1, -0.05) is 6.92 Å². The van der Waals surface area contributed by atoms with Crippen LogP contribution in [-0.2, 0) is 9.59 Å². The van der Waals surface area contributed by atoms with Gasteiger partial charge in [0.05, 0.1) is 5.92 Å². The Kier molecular flexibility index (Phi) is 6.12. The van der Waals surface area contributed by atoms with Crippen molar-refractivity contribution < 1.29 is 9.59 Å². The number of hydrogen-bond donors (Lipinski definition) is 1. The zero-order chi connectivity index (χ0) is 13.5. The van der Waals surface area contributed by atoms with Crippen LogP contribution in [0.15, 0.2) is 0 Å². The number of carbonyl (C=O) groups excluding carboxylic acids is 2. The van der Waals surface area contributed by atoms with E-state index in [0.29, 0.717) is 19.5 Å². The highest BCUT2D eigenvalue weighted by Gasteiger charge is 2.29. The normalized spacial score (nSPS) is 19.7. The Labute approximate surface area is 110 Å². The average Bonchev–Trinajstić information content (AvgIpc) is 2.43. The van der Waals surface area contributed by atoms with Crippen LogP contribution in [0, 0.1) is 5.92 Å². The molecule has 1 atom stereocenters. The Hall–Kier alpha value is -1.10. The first-order chi connectivity index (χ1) is 8.60. The maximum absolute atomic E-state index is 12.2. The molecule has 0 aromatic rings. The summed E-state index contributed by atoms with van der Waals surface area (Å²) in [6, 6.07) is 0. The number of rotatable bonds is 5. The second-order valence-corrected chi connectivity index (χ2v) is 4.90. The fourth-order valence-corrected chi connectivity index (χ4v) is 2.33. The molecule has 1 rings (SSSR count). The van der Waals surface area contributed by atoms with E-state index in [4.69, 9.17) is 0 Å². The molecule has 0 bridgehead atoms. The van der Waals surface area contributed by atoms with Gasteiger partial charge in [-0.25, -0.2) is 0 Å². The van der Waals surface area contributed by atoms with E-state index in [2.05, 4.69) is 5.32 Å². The van der Waals surface area contributed by atoms with Crippen molar-refractivity contribution in [2.75, 3.05) is 40.3 Å². The van der Waals surface area contributed by atoms with Crippen LogP contribution >= 0.6 is 0 Å². The number of amides is 2. The van der Waals surface area contributed by atoms with Crippen LogP contribution in [0.2, 0.25) is 0 Å². The lowest BCUT2D eigenvalue weighted by Crippen LogP contribution is -2.46. The zero-order valence-electron chi connectivity index (χ0n) is 11.7. The van der Waals surface area contributed by atoms with Gasteiger partial charge in [0, 0.05) is 39.6 Å². The third-order valence-corrected chi connectivity index (χ3v) is 3.50. The van der Waals surface area contributed by atoms with Crippen LogP contribution < -0.4 is 5.32 Å². The van der Waals surface area contributed by atoms with Crippen LogP contribution in [0.3, 0.4) is 0 Å². The maximum atomic E-state index is 12.2. The van der Waals surface area contributed by atoms with Gasteiger partial charge in [0.2, 0.25) is 11.8 Å². The van der Waals surface area contributed by atoms with E-state index in [1.807, 2.05) is 25.9 Å². The van der Waals surface area contributed by atoms with Crippen molar-refractivity contribution in [3.8, 4) is 0 Å². The lowest BCUT2D eigenvalue weighted by molar-refractivity contribution is -0.139. The summed E-state index contributed by atoms with van der Waals surface area (Å²) in [5, 5.41) is 3.03. The van der Waals surface area contributed by atoms with Gasteiger partial charge < -0.3 is 15.1 Å². The SMILES string of the molecule is CCC(=O)N1CCCC(C(=O)N(C)CCNC)C1. The molecule has 1 N–H and O–H groups in total. The summed E-state index contributed by atoms with van der Waals surface area (Å²) in [5.41, 5.74) is 0. The number of nitrogens with one attached hydrogen (secondary N) is 1. The molecule has 1 aliphatic heterocycles. The van der Waals surface area contributed by atoms with Crippen LogP contribution in [0.25, 0.3) is 0 Å². The van der Waals surface area contributed by atoms with E-state index >= 15 is 0 Å². The smallest absolute Gasteiger partial charge is 0.227 e. The summed E-state index contributed by atoms with van der Waals surface area (Å²) < 4.78 is 0. The maximum Gasteiger partial charge on any atom is 0.227 e. The lowest BCUT2D eigenvalue weighted by Gasteiger charge is -2.34. The van der Waals surface area contributed by atoms with Crippen molar-refractivity contribution in [3.63, 3.8) is 0 Å². The molecule has 0 radical (unpaired) electrons. The van der Waals surface area contributed by atoms with Crippen molar-refractivity contribution in [3.05, 3.63) is 0 Å². The molecule has 0 aromatic carbocycles. The minimum Gasteiger partial charge on any atom is -0.344 e. The average molecular weight is 255 g/mol.